The number of nitrogens with two attached hydrogens (primary N) is 1. The summed E-state index contributed by atoms with van der Waals surface area (Å²) in [7, 11) is 0. The number of halogens is 1. The zero-order chi connectivity index (χ0) is 21.8. The number of hydrogen-bond donors (Lipinski definition) is 2. The first-order valence-electron chi connectivity index (χ1n) is 10.9. The first-order valence-corrected chi connectivity index (χ1v) is 11.3. The molecule has 6 heteroatoms. The average Bonchev–Trinajstić information content (AvgIpc) is 2.78. The number of benzene rings is 2. The van der Waals surface area contributed by atoms with Crippen LogP contribution in [0.3, 0.4) is 0 Å². The molecule has 1 saturated carbocycles. The molecule has 2 aromatic carbocycles. The molecule has 0 saturated heterocycles. The van der Waals surface area contributed by atoms with Gasteiger partial charge in [0, 0.05) is 22.4 Å². The van der Waals surface area contributed by atoms with Gasteiger partial charge >= 0.3 is 0 Å². The summed E-state index contributed by atoms with van der Waals surface area (Å²) in [5.74, 6) is 7.62. The molecular formula is C25H29ClN4O. The van der Waals surface area contributed by atoms with Crippen LogP contribution in [0.5, 0.6) is 5.75 Å². The van der Waals surface area contributed by atoms with Crippen LogP contribution in [0.15, 0.2) is 42.5 Å². The Labute approximate surface area is 188 Å². The minimum Gasteiger partial charge on any atom is -0.491 e. The van der Waals surface area contributed by atoms with E-state index in [2.05, 4.69) is 11.5 Å². The van der Waals surface area contributed by atoms with Crippen LogP contribution in [-0.4, -0.2) is 22.1 Å². The standard InChI is InChI=1S/C25H29ClN4O/c1-16(2)31-21-12-13-23-22(15-21)25(18-6-10-20(30-27)11-7-18)29-24(28-23)14-5-17-3-8-19(26)9-4-17/h3-5,8-9,12-16,18,20,30H,6-7,10-11,27H2,1-2H3/b14-5-. The quantitative estimate of drug-likeness (QED) is 0.381. The van der Waals surface area contributed by atoms with Crippen LogP contribution in [0.2, 0.25) is 5.02 Å². The fraction of sp³-hybridized carbons (Fsp3) is 0.360. The van der Waals surface area contributed by atoms with Crippen LogP contribution in [0, 0.1) is 0 Å². The Hall–Kier alpha value is -2.47. The molecule has 0 atom stereocenters. The lowest BCUT2D eigenvalue weighted by atomic mass is 9.83. The number of rotatable bonds is 6. The second kappa shape index (κ2) is 9.77. The fourth-order valence-electron chi connectivity index (χ4n) is 4.16. The Morgan fingerprint density at radius 3 is 2.45 bits per heavy atom. The van der Waals surface area contributed by atoms with Gasteiger partial charge in [-0.1, -0.05) is 29.8 Å². The van der Waals surface area contributed by atoms with Crippen molar-refractivity contribution >= 4 is 34.7 Å². The molecular weight excluding hydrogens is 408 g/mol. The molecule has 3 N–H and O–H groups in total. The molecule has 5 nitrogen and oxygen atoms in total. The average molecular weight is 437 g/mol. The summed E-state index contributed by atoms with van der Waals surface area (Å²) in [6, 6.07) is 14.2. The van der Waals surface area contributed by atoms with Gasteiger partial charge < -0.3 is 4.74 Å². The van der Waals surface area contributed by atoms with Gasteiger partial charge in [-0.25, -0.2) is 9.97 Å². The van der Waals surface area contributed by atoms with Crippen molar-refractivity contribution in [2.75, 3.05) is 0 Å². The van der Waals surface area contributed by atoms with Crippen molar-refractivity contribution in [3.8, 4) is 5.75 Å². The van der Waals surface area contributed by atoms with Crippen molar-refractivity contribution in [2.24, 2.45) is 5.84 Å². The Kier molecular flexibility index (Phi) is 6.86. The molecule has 3 aromatic rings. The molecule has 1 fully saturated rings. The molecule has 162 valence electrons. The number of fused-ring (bicyclic) bond motifs is 1. The van der Waals surface area contributed by atoms with E-state index < -0.39 is 0 Å². The third kappa shape index (κ3) is 5.42. The minimum atomic E-state index is 0.120. The maximum atomic E-state index is 5.99. The van der Waals surface area contributed by atoms with E-state index in [1.165, 1.54) is 0 Å². The maximum Gasteiger partial charge on any atom is 0.152 e. The fourth-order valence-corrected chi connectivity index (χ4v) is 4.29. The summed E-state index contributed by atoms with van der Waals surface area (Å²) < 4.78 is 5.94. The highest BCUT2D eigenvalue weighted by atomic mass is 35.5. The number of hydrogen-bond acceptors (Lipinski definition) is 5. The molecule has 1 aliphatic rings. The normalized spacial score (nSPS) is 19.4. The lowest BCUT2D eigenvalue weighted by Gasteiger charge is -2.28. The van der Waals surface area contributed by atoms with Gasteiger partial charge in [-0.3, -0.25) is 11.3 Å². The Balaban J connectivity index is 1.71. The van der Waals surface area contributed by atoms with Gasteiger partial charge in [-0.15, -0.1) is 0 Å². The van der Waals surface area contributed by atoms with Gasteiger partial charge in [-0.2, -0.15) is 0 Å². The van der Waals surface area contributed by atoms with Gasteiger partial charge in [0.2, 0.25) is 0 Å². The Morgan fingerprint density at radius 1 is 1.03 bits per heavy atom. The zero-order valence-electron chi connectivity index (χ0n) is 18.0. The van der Waals surface area contributed by atoms with Gasteiger partial charge in [0.05, 0.1) is 17.3 Å². The zero-order valence-corrected chi connectivity index (χ0v) is 18.8. The highest BCUT2D eigenvalue weighted by molar-refractivity contribution is 6.30. The Bertz CT molecular complexity index is 1060. The molecule has 0 bridgehead atoms. The van der Waals surface area contributed by atoms with E-state index in [4.69, 9.17) is 32.1 Å². The molecule has 0 unspecified atom stereocenters. The third-order valence-electron chi connectivity index (χ3n) is 5.73. The molecule has 1 aromatic heterocycles. The van der Waals surface area contributed by atoms with E-state index in [0.29, 0.717) is 17.8 Å². The predicted octanol–water partition coefficient (Wildman–Crippen LogP) is 5.73. The SMILES string of the molecule is CC(C)Oc1ccc2nc(/C=C\c3ccc(Cl)cc3)nc(C3CCC(NN)CC3)c2c1. The summed E-state index contributed by atoms with van der Waals surface area (Å²) in [6.45, 7) is 4.07. The minimum absolute atomic E-state index is 0.120. The second-order valence-corrected chi connectivity index (χ2v) is 8.85. The predicted molar refractivity (Wildman–Crippen MR) is 128 cm³/mol. The molecule has 4 rings (SSSR count). The summed E-state index contributed by atoms with van der Waals surface area (Å²) >= 11 is 5.99. The largest absolute Gasteiger partial charge is 0.491 e. The van der Waals surface area contributed by atoms with Crippen molar-refractivity contribution < 1.29 is 4.74 Å². The van der Waals surface area contributed by atoms with E-state index >= 15 is 0 Å². The highest BCUT2D eigenvalue weighted by Gasteiger charge is 2.25. The Morgan fingerprint density at radius 2 is 1.77 bits per heavy atom. The van der Waals surface area contributed by atoms with Gasteiger partial charge in [0.15, 0.2) is 5.82 Å². The lowest BCUT2D eigenvalue weighted by Crippen LogP contribution is -2.37. The van der Waals surface area contributed by atoms with Crippen LogP contribution in [0.4, 0.5) is 0 Å². The molecule has 0 spiro atoms. The number of nitrogens with zero attached hydrogens (tertiary/aromatic N) is 2. The maximum absolute atomic E-state index is 5.99. The molecule has 31 heavy (non-hydrogen) atoms. The smallest absolute Gasteiger partial charge is 0.152 e. The van der Waals surface area contributed by atoms with Gasteiger partial charge in [-0.05, 0) is 81.5 Å². The molecule has 0 amide bonds. The van der Waals surface area contributed by atoms with Crippen molar-refractivity contribution in [3.63, 3.8) is 0 Å². The molecule has 1 aliphatic carbocycles. The number of ether oxygens (including phenoxy) is 1. The van der Waals surface area contributed by atoms with E-state index in [9.17, 15) is 0 Å². The molecule has 0 radical (unpaired) electrons. The van der Waals surface area contributed by atoms with Crippen LogP contribution >= 0.6 is 11.6 Å². The second-order valence-electron chi connectivity index (χ2n) is 8.41. The van der Waals surface area contributed by atoms with Crippen LogP contribution in [0.1, 0.15) is 62.5 Å². The van der Waals surface area contributed by atoms with Gasteiger partial charge in [0.25, 0.3) is 0 Å². The molecule has 1 heterocycles. The summed E-state index contributed by atoms with van der Waals surface area (Å²) in [4.78, 5) is 9.80. The summed E-state index contributed by atoms with van der Waals surface area (Å²) in [6.07, 6.45) is 8.31. The van der Waals surface area contributed by atoms with Crippen molar-refractivity contribution in [3.05, 3.63) is 64.6 Å². The topological polar surface area (TPSA) is 73.1 Å². The summed E-state index contributed by atoms with van der Waals surface area (Å²) in [5, 5.41) is 1.80. The van der Waals surface area contributed by atoms with Crippen LogP contribution in [-0.2, 0) is 0 Å². The van der Waals surface area contributed by atoms with Crippen molar-refractivity contribution in [1.29, 1.82) is 0 Å². The van der Waals surface area contributed by atoms with Crippen molar-refractivity contribution in [1.82, 2.24) is 15.4 Å². The van der Waals surface area contributed by atoms with Crippen molar-refractivity contribution in [2.45, 2.75) is 57.6 Å². The lowest BCUT2D eigenvalue weighted by molar-refractivity contribution is 0.242. The van der Waals surface area contributed by atoms with Crippen LogP contribution < -0.4 is 16.0 Å². The first-order chi connectivity index (χ1) is 15.0. The van der Waals surface area contributed by atoms with E-state index in [-0.39, 0.29) is 6.10 Å². The van der Waals surface area contributed by atoms with E-state index in [1.807, 2.05) is 62.4 Å². The highest BCUT2D eigenvalue weighted by Crippen LogP contribution is 2.36. The monoisotopic (exact) mass is 436 g/mol. The molecule has 0 aliphatic heterocycles. The first kappa shape index (κ1) is 21.8. The number of aromatic nitrogens is 2. The summed E-state index contributed by atoms with van der Waals surface area (Å²) in [5.41, 5.74) is 6.03. The number of nitrogens with one attached hydrogen (secondary N) is 1. The van der Waals surface area contributed by atoms with E-state index in [0.717, 1.165) is 58.6 Å². The van der Waals surface area contributed by atoms with E-state index in [1.54, 1.807) is 0 Å². The van der Waals surface area contributed by atoms with Gasteiger partial charge in [0.1, 0.15) is 5.75 Å². The number of hydrazine groups is 1. The van der Waals surface area contributed by atoms with Crippen LogP contribution in [0.25, 0.3) is 23.1 Å². The third-order valence-corrected chi connectivity index (χ3v) is 5.98.